The number of benzene rings is 1. The van der Waals surface area contributed by atoms with Gasteiger partial charge in [-0.25, -0.2) is 12.7 Å². The molecule has 1 aromatic rings. The van der Waals surface area contributed by atoms with Crippen molar-refractivity contribution in [2.24, 2.45) is 0 Å². The summed E-state index contributed by atoms with van der Waals surface area (Å²) in [5.41, 5.74) is 0.182. The summed E-state index contributed by atoms with van der Waals surface area (Å²) in [5, 5.41) is 5.25. The van der Waals surface area contributed by atoms with Gasteiger partial charge in [0.05, 0.1) is 17.5 Å². The number of sulfonamides is 1. The highest BCUT2D eigenvalue weighted by Gasteiger charge is 2.19. The molecule has 0 aliphatic heterocycles. The minimum absolute atomic E-state index is 0.0255. The summed E-state index contributed by atoms with van der Waals surface area (Å²) in [6, 6.07) is 5.72. The van der Waals surface area contributed by atoms with Crippen LogP contribution >= 0.6 is 0 Å². The Labute approximate surface area is 173 Å². The highest BCUT2D eigenvalue weighted by molar-refractivity contribution is 7.89. The largest absolute Gasteiger partial charge is 0.378 e. The monoisotopic (exact) mass is 425 g/mol. The summed E-state index contributed by atoms with van der Waals surface area (Å²) in [4.78, 5) is 24.1. The first-order valence-electron chi connectivity index (χ1n) is 10.00. The molecule has 2 amide bonds. The summed E-state index contributed by atoms with van der Waals surface area (Å²) >= 11 is 0. The number of amides is 2. The van der Waals surface area contributed by atoms with Crippen LogP contribution in [0.1, 0.15) is 48.9 Å². The van der Waals surface area contributed by atoms with Crippen LogP contribution in [0.2, 0.25) is 0 Å². The molecule has 8 nitrogen and oxygen atoms in total. The molecule has 0 spiro atoms. The van der Waals surface area contributed by atoms with Crippen LogP contribution in [0, 0.1) is 0 Å². The third-order valence-corrected chi connectivity index (χ3v) is 6.64. The minimum Gasteiger partial charge on any atom is -0.378 e. The Bertz CT molecular complexity index is 789. The molecule has 0 bridgehead atoms. The van der Waals surface area contributed by atoms with Crippen molar-refractivity contribution in [1.29, 1.82) is 0 Å². The van der Waals surface area contributed by atoms with Crippen molar-refractivity contribution < 1.29 is 22.7 Å². The Balaban J connectivity index is 1.70. The van der Waals surface area contributed by atoms with E-state index >= 15 is 0 Å². The van der Waals surface area contributed by atoms with E-state index in [1.807, 2.05) is 0 Å². The fourth-order valence-corrected chi connectivity index (χ4v) is 4.06. The fraction of sp³-hybridized carbons (Fsp3) is 0.600. The van der Waals surface area contributed by atoms with Crippen molar-refractivity contribution in [3.8, 4) is 0 Å². The number of ether oxygens (including phenoxy) is 1. The van der Waals surface area contributed by atoms with Gasteiger partial charge in [0.2, 0.25) is 15.9 Å². The lowest BCUT2D eigenvalue weighted by Crippen LogP contribution is -2.37. The lowest BCUT2D eigenvalue weighted by Gasteiger charge is -2.21. The van der Waals surface area contributed by atoms with Crippen molar-refractivity contribution in [3.05, 3.63) is 29.8 Å². The number of nitrogens with zero attached hydrogens (tertiary/aromatic N) is 1. The molecule has 1 saturated carbocycles. The lowest BCUT2D eigenvalue weighted by atomic mass is 9.98. The van der Waals surface area contributed by atoms with Gasteiger partial charge in [0, 0.05) is 32.8 Å². The van der Waals surface area contributed by atoms with Crippen LogP contribution in [-0.4, -0.2) is 64.4 Å². The second kappa shape index (κ2) is 11.3. The highest BCUT2D eigenvalue weighted by atomic mass is 32.2. The molecule has 1 fully saturated rings. The first-order chi connectivity index (χ1) is 13.8. The molecule has 0 heterocycles. The lowest BCUT2D eigenvalue weighted by molar-refractivity contribution is -0.120. The number of carbonyl (C=O) groups excluding carboxylic acids is 2. The third-order valence-electron chi connectivity index (χ3n) is 4.83. The van der Waals surface area contributed by atoms with Crippen LogP contribution in [0.25, 0.3) is 0 Å². The number of rotatable bonds is 10. The molecule has 9 heteroatoms. The van der Waals surface area contributed by atoms with E-state index in [0.29, 0.717) is 19.3 Å². The summed E-state index contributed by atoms with van der Waals surface area (Å²) < 4.78 is 31.2. The summed E-state index contributed by atoms with van der Waals surface area (Å²) in [6.07, 6.45) is 7.06. The van der Waals surface area contributed by atoms with Crippen LogP contribution < -0.4 is 10.6 Å². The number of nitrogens with one attached hydrogen (secondary N) is 2. The average molecular weight is 426 g/mol. The van der Waals surface area contributed by atoms with Gasteiger partial charge in [0.25, 0.3) is 5.91 Å². The predicted octanol–water partition coefficient (Wildman–Crippen LogP) is 1.52. The highest BCUT2D eigenvalue weighted by Crippen LogP contribution is 2.20. The van der Waals surface area contributed by atoms with Crippen LogP contribution in [0.4, 0.5) is 0 Å². The van der Waals surface area contributed by atoms with Crippen LogP contribution in [-0.2, 0) is 19.6 Å². The van der Waals surface area contributed by atoms with E-state index in [0.717, 1.165) is 23.6 Å². The topological polar surface area (TPSA) is 105 Å². The van der Waals surface area contributed by atoms with E-state index in [4.69, 9.17) is 4.74 Å². The molecular weight excluding hydrogens is 394 g/mol. The zero-order chi connectivity index (χ0) is 21.3. The Morgan fingerprint density at radius 3 is 2.55 bits per heavy atom. The van der Waals surface area contributed by atoms with Gasteiger partial charge in [-0.1, -0.05) is 25.3 Å². The van der Waals surface area contributed by atoms with Crippen molar-refractivity contribution in [1.82, 2.24) is 14.9 Å². The van der Waals surface area contributed by atoms with E-state index in [-0.39, 0.29) is 22.9 Å². The van der Waals surface area contributed by atoms with Gasteiger partial charge in [0.15, 0.2) is 0 Å². The predicted molar refractivity (Wildman–Crippen MR) is 110 cm³/mol. The molecule has 0 saturated heterocycles. The Hall–Kier alpha value is -1.97. The standard InChI is InChI=1S/C20H31N3O5S/c1-23(2)29(26,27)18-11-6-8-16(14-18)20(25)22-15-19(24)21-12-7-13-28-17-9-4-3-5-10-17/h6,8,11,14,17H,3-5,7,9-10,12-13,15H2,1-2H3,(H,21,24)(H,22,25). The number of carbonyl (C=O) groups is 2. The Morgan fingerprint density at radius 2 is 1.86 bits per heavy atom. The second-order valence-corrected chi connectivity index (χ2v) is 9.48. The van der Waals surface area contributed by atoms with Gasteiger partial charge < -0.3 is 15.4 Å². The van der Waals surface area contributed by atoms with Crippen LogP contribution in [0.3, 0.4) is 0 Å². The molecule has 0 unspecified atom stereocenters. The van der Waals surface area contributed by atoms with Crippen molar-refractivity contribution in [2.75, 3.05) is 33.8 Å². The normalized spacial score (nSPS) is 15.3. The molecule has 1 aliphatic rings. The van der Waals surface area contributed by atoms with Gasteiger partial charge in [-0.15, -0.1) is 0 Å². The van der Waals surface area contributed by atoms with Crippen molar-refractivity contribution in [3.63, 3.8) is 0 Å². The summed E-state index contributed by atoms with van der Waals surface area (Å²) in [6.45, 7) is 0.926. The minimum atomic E-state index is -3.63. The average Bonchev–Trinajstić information content (AvgIpc) is 2.72. The maximum absolute atomic E-state index is 12.2. The first-order valence-corrected chi connectivity index (χ1v) is 11.4. The Morgan fingerprint density at radius 1 is 1.14 bits per heavy atom. The zero-order valence-electron chi connectivity index (χ0n) is 17.1. The third kappa shape index (κ3) is 7.41. The van der Waals surface area contributed by atoms with Crippen molar-refractivity contribution in [2.45, 2.75) is 49.5 Å². The zero-order valence-corrected chi connectivity index (χ0v) is 18.0. The molecular formula is C20H31N3O5S. The van der Waals surface area contributed by atoms with E-state index in [1.54, 1.807) is 0 Å². The van der Waals surface area contributed by atoms with Crippen LogP contribution in [0.15, 0.2) is 29.2 Å². The summed E-state index contributed by atoms with van der Waals surface area (Å²) in [7, 11) is -0.781. The van der Waals surface area contributed by atoms with Gasteiger partial charge in [-0.3, -0.25) is 9.59 Å². The molecule has 162 valence electrons. The number of hydrogen-bond acceptors (Lipinski definition) is 5. The Kier molecular flexibility index (Phi) is 9.06. The maximum Gasteiger partial charge on any atom is 0.251 e. The fourth-order valence-electron chi connectivity index (χ4n) is 3.12. The molecule has 0 aromatic heterocycles. The molecule has 1 aliphatic carbocycles. The molecule has 2 N–H and O–H groups in total. The van der Waals surface area contributed by atoms with Gasteiger partial charge in [-0.2, -0.15) is 0 Å². The van der Waals surface area contributed by atoms with E-state index in [1.165, 1.54) is 57.6 Å². The molecule has 2 rings (SSSR count). The van der Waals surface area contributed by atoms with E-state index < -0.39 is 15.9 Å². The summed E-state index contributed by atoms with van der Waals surface area (Å²) in [5.74, 6) is -0.801. The molecule has 0 radical (unpaired) electrons. The van der Waals surface area contributed by atoms with E-state index in [2.05, 4.69) is 10.6 Å². The second-order valence-electron chi connectivity index (χ2n) is 7.33. The molecule has 29 heavy (non-hydrogen) atoms. The van der Waals surface area contributed by atoms with Gasteiger partial charge in [-0.05, 0) is 37.5 Å². The van der Waals surface area contributed by atoms with Gasteiger partial charge in [0.1, 0.15) is 0 Å². The van der Waals surface area contributed by atoms with Crippen molar-refractivity contribution >= 4 is 21.8 Å². The van der Waals surface area contributed by atoms with E-state index in [9.17, 15) is 18.0 Å². The first kappa shape index (κ1) is 23.3. The molecule has 1 aromatic carbocycles. The molecule has 0 atom stereocenters. The van der Waals surface area contributed by atoms with Crippen LogP contribution in [0.5, 0.6) is 0 Å². The number of hydrogen-bond donors (Lipinski definition) is 2. The smallest absolute Gasteiger partial charge is 0.251 e. The SMILES string of the molecule is CN(C)S(=O)(=O)c1cccc(C(=O)NCC(=O)NCCCOC2CCCCC2)c1. The van der Waals surface area contributed by atoms with Gasteiger partial charge >= 0.3 is 0 Å². The maximum atomic E-state index is 12.2. The quantitative estimate of drug-likeness (QED) is 0.553.